The van der Waals surface area contributed by atoms with Crippen LogP contribution in [0.1, 0.15) is 11.7 Å². The van der Waals surface area contributed by atoms with Gasteiger partial charge in [0, 0.05) is 6.20 Å². The third-order valence-corrected chi connectivity index (χ3v) is 2.71. The Balaban J connectivity index is 2.48. The molecule has 0 aliphatic rings. The van der Waals surface area contributed by atoms with Crippen molar-refractivity contribution in [1.29, 1.82) is 5.26 Å². The Morgan fingerprint density at radius 1 is 1.64 bits per heavy atom. The number of fused-ring (bicyclic) bond motifs is 1. The molecular weight excluding hydrogens is 198 g/mol. The smallest absolute Gasteiger partial charge is 0.148 e. The maximum atomic E-state index is 8.90. The lowest BCUT2D eigenvalue weighted by Crippen LogP contribution is -2.05. The number of aliphatic hydroxyl groups is 1. The van der Waals surface area contributed by atoms with Crippen molar-refractivity contribution in [2.24, 2.45) is 0 Å². The number of nitriles is 1. The summed E-state index contributed by atoms with van der Waals surface area (Å²) in [5, 5.41) is 19.5. The fraction of sp³-hybridized carbons (Fsp3) is 0.222. The predicted molar refractivity (Wildman–Crippen MR) is 52.9 cm³/mol. The molecule has 70 valence electrons. The molecule has 0 radical (unpaired) electrons. The summed E-state index contributed by atoms with van der Waals surface area (Å²) in [5.74, 6) is -0.236. The zero-order valence-electron chi connectivity index (χ0n) is 7.21. The van der Waals surface area contributed by atoms with Gasteiger partial charge in [-0.2, -0.15) is 5.26 Å². The van der Waals surface area contributed by atoms with Crippen molar-refractivity contribution in [3.05, 3.63) is 23.5 Å². The second-order valence-corrected chi connectivity index (χ2v) is 3.71. The molecule has 0 saturated carbocycles. The zero-order valence-corrected chi connectivity index (χ0v) is 8.03. The van der Waals surface area contributed by atoms with Crippen LogP contribution < -0.4 is 0 Å². The van der Waals surface area contributed by atoms with E-state index in [4.69, 9.17) is 10.4 Å². The van der Waals surface area contributed by atoms with E-state index in [1.54, 1.807) is 17.5 Å². The summed E-state index contributed by atoms with van der Waals surface area (Å²) < 4.78 is 0.989. The minimum atomic E-state index is -0.626. The molecule has 1 atom stereocenters. The average Bonchev–Trinajstić information content (AvgIpc) is 2.66. The highest BCUT2D eigenvalue weighted by Gasteiger charge is 2.12. The molecule has 1 N–H and O–H groups in total. The molecule has 5 heteroatoms. The normalized spacial score (nSPS) is 12.6. The number of nitrogens with zero attached hydrogens (tertiary/aromatic N) is 3. The van der Waals surface area contributed by atoms with Crippen LogP contribution in [0.4, 0.5) is 0 Å². The lowest BCUT2D eigenvalue weighted by molar-refractivity contribution is 0.282. The van der Waals surface area contributed by atoms with Crippen molar-refractivity contribution in [3.63, 3.8) is 0 Å². The third kappa shape index (κ3) is 1.45. The topological polar surface area (TPSA) is 69.8 Å². The van der Waals surface area contributed by atoms with Gasteiger partial charge < -0.3 is 5.11 Å². The molecule has 0 saturated heterocycles. The quantitative estimate of drug-likeness (QED) is 0.802. The molecule has 2 rings (SSSR count). The molecule has 0 aliphatic heterocycles. The summed E-state index contributed by atoms with van der Waals surface area (Å²) in [6, 6.07) is 3.83. The molecule has 0 aliphatic carbocycles. The SMILES string of the molecule is N#CC(CO)c1ncc2sccc2n1. The molecule has 0 amide bonds. The van der Waals surface area contributed by atoms with Crippen LogP contribution in [0.5, 0.6) is 0 Å². The molecule has 0 spiro atoms. The zero-order chi connectivity index (χ0) is 9.97. The van der Waals surface area contributed by atoms with Crippen LogP contribution in [-0.4, -0.2) is 21.7 Å². The first-order chi connectivity index (χ1) is 6.85. The largest absolute Gasteiger partial charge is 0.395 e. The Labute approximate surface area is 84.5 Å². The summed E-state index contributed by atoms with van der Waals surface area (Å²) >= 11 is 1.55. The van der Waals surface area contributed by atoms with Crippen LogP contribution in [0.2, 0.25) is 0 Å². The fourth-order valence-corrected chi connectivity index (χ4v) is 1.82. The summed E-state index contributed by atoms with van der Waals surface area (Å²) in [6.07, 6.45) is 1.68. The van der Waals surface area contributed by atoms with Crippen LogP contribution in [0.25, 0.3) is 10.2 Å². The molecule has 2 heterocycles. The van der Waals surface area contributed by atoms with Gasteiger partial charge in [-0.1, -0.05) is 0 Å². The van der Waals surface area contributed by atoms with Gasteiger partial charge in [-0.25, -0.2) is 9.97 Å². The number of aliphatic hydroxyl groups excluding tert-OH is 1. The summed E-state index contributed by atoms with van der Waals surface area (Å²) in [6.45, 7) is -0.244. The molecule has 1 unspecified atom stereocenters. The second kappa shape index (κ2) is 3.70. The monoisotopic (exact) mass is 205 g/mol. The van der Waals surface area contributed by atoms with Crippen molar-refractivity contribution in [2.45, 2.75) is 5.92 Å². The Bertz CT molecular complexity index is 488. The van der Waals surface area contributed by atoms with Crippen molar-refractivity contribution >= 4 is 21.6 Å². The number of aromatic nitrogens is 2. The van der Waals surface area contributed by atoms with Crippen LogP contribution in [0.15, 0.2) is 17.6 Å². The molecule has 2 aromatic rings. The summed E-state index contributed by atoms with van der Waals surface area (Å²) in [4.78, 5) is 8.23. The molecule has 0 fully saturated rings. The van der Waals surface area contributed by atoms with Crippen LogP contribution >= 0.6 is 11.3 Å². The summed E-state index contributed by atoms with van der Waals surface area (Å²) in [7, 11) is 0. The van der Waals surface area contributed by atoms with Gasteiger partial charge in [0.25, 0.3) is 0 Å². The van der Waals surface area contributed by atoms with Crippen molar-refractivity contribution in [3.8, 4) is 6.07 Å². The summed E-state index contributed by atoms with van der Waals surface area (Å²) in [5.41, 5.74) is 0.828. The molecule has 0 aromatic carbocycles. The Morgan fingerprint density at radius 3 is 3.21 bits per heavy atom. The van der Waals surface area contributed by atoms with Gasteiger partial charge in [-0.15, -0.1) is 11.3 Å². The number of hydrogen-bond acceptors (Lipinski definition) is 5. The van der Waals surface area contributed by atoms with E-state index in [0.717, 1.165) is 10.2 Å². The van der Waals surface area contributed by atoms with E-state index < -0.39 is 5.92 Å². The standard InChI is InChI=1S/C9H7N3OS/c10-3-6(5-13)9-11-4-8-7(12-9)1-2-14-8/h1-2,4,6,13H,5H2. The van der Waals surface area contributed by atoms with Gasteiger partial charge in [-0.3, -0.25) is 0 Å². The lowest BCUT2D eigenvalue weighted by atomic mass is 10.2. The molecule has 2 aromatic heterocycles. The number of thiophene rings is 1. The highest BCUT2D eigenvalue weighted by molar-refractivity contribution is 7.17. The number of rotatable bonds is 2. The van der Waals surface area contributed by atoms with E-state index in [9.17, 15) is 0 Å². The average molecular weight is 205 g/mol. The third-order valence-electron chi connectivity index (χ3n) is 1.87. The van der Waals surface area contributed by atoms with Crippen molar-refractivity contribution in [2.75, 3.05) is 6.61 Å². The Kier molecular flexibility index (Phi) is 2.39. The maximum Gasteiger partial charge on any atom is 0.148 e. The first-order valence-corrected chi connectivity index (χ1v) is 4.93. The predicted octanol–water partition coefficient (Wildman–Crippen LogP) is 1.29. The highest BCUT2D eigenvalue weighted by atomic mass is 32.1. The van der Waals surface area contributed by atoms with Gasteiger partial charge in [0.05, 0.1) is 22.9 Å². The molecular formula is C9H7N3OS. The fourth-order valence-electron chi connectivity index (χ4n) is 1.13. The van der Waals surface area contributed by atoms with Gasteiger partial charge >= 0.3 is 0 Å². The van der Waals surface area contributed by atoms with Gasteiger partial charge in [0.15, 0.2) is 0 Å². The van der Waals surface area contributed by atoms with Gasteiger partial charge in [0.1, 0.15) is 11.7 Å². The van der Waals surface area contributed by atoms with Gasteiger partial charge in [-0.05, 0) is 11.4 Å². The van der Waals surface area contributed by atoms with Crippen LogP contribution in [0, 0.1) is 11.3 Å². The van der Waals surface area contributed by atoms with E-state index in [0.29, 0.717) is 5.82 Å². The first kappa shape index (κ1) is 9.06. The minimum Gasteiger partial charge on any atom is -0.395 e. The number of hydrogen-bond donors (Lipinski definition) is 1. The van der Waals surface area contributed by atoms with Crippen LogP contribution in [0.3, 0.4) is 0 Å². The van der Waals surface area contributed by atoms with Gasteiger partial charge in [0.2, 0.25) is 0 Å². The van der Waals surface area contributed by atoms with E-state index in [1.165, 1.54) is 0 Å². The van der Waals surface area contributed by atoms with E-state index in [-0.39, 0.29) is 6.61 Å². The first-order valence-electron chi connectivity index (χ1n) is 4.05. The Morgan fingerprint density at radius 2 is 2.50 bits per heavy atom. The highest BCUT2D eigenvalue weighted by Crippen LogP contribution is 2.19. The maximum absolute atomic E-state index is 8.90. The lowest BCUT2D eigenvalue weighted by Gasteiger charge is -2.02. The Hall–Kier alpha value is -1.51. The molecule has 4 nitrogen and oxygen atoms in total. The van der Waals surface area contributed by atoms with E-state index in [2.05, 4.69) is 9.97 Å². The molecule has 0 bridgehead atoms. The second-order valence-electron chi connectivity index (χ2n) is 2.76. The van der Waals surface area contributed by atoms with Crippen molar-refractivity contribution in [1.82, 2.24) is 9.97 Å². The van der Waals surface area contributed by atoms with Crippen molar-refractivity contribution < 1.29 is 5.11 Å². The minimum absolute atomic E-state index is 0.244. The van der Waals surface area contributed by atoms with E-state index in [1.807, 2.05) is 17.5 Å². The van der Waals surface area contributed by atoms with Crippen LogP contribution in [-0.2, 0) is 0 Å². The molecule has 14 heavy (non-hydrogen) atoms. The van der Waals surface area contributed by atoms with E-state index >= 15 is 0 Å².